The van der Waals surface area contributed by atoms with Crippen molar-refractivity contribution in [3.8, 4) is 5.75 Å². The van der Waals surface area contributed by atoms with Crippen LogP contribution in [0.3, 0.4) is 0 Å². The molecule has 1 fully saturated rings. The third-order valence-electron chi connectivity index (χ3n) is 4.76. The molecule has 2 N–H and O–H groups in total. The van der Waals surface area contributed by atoms with E-state index in [0.717, 1.165) is 24.9 Å². The molecule has 8 heteroatoms. The minimum absolute atomic E-state index is 0.0608. The first-order valence-electron chi connectivity index (χ1n) is 9.07. The topological polar surface area (TPSA) is 56.4 Å². The van der Waals surface area contributed by atoms with Crippen LogP contribution in [0.4, 0.5) is 13.2 Å². The lowest BCUT2D eigenvalue weighted by atomic mass is 9.92. The van der Waals surface area contributed by atoms with Crippen molar-refractivity contribution in [2.75, 3.05) is 12.8 Å². The minimum atomic E-state index is -4.78. The Labute approximate surface area is 165 Å². The molecule has 0 bridgehead atoms. The molecule has 1 heterocycles. The summed E-state index contributed by atoms with van der Waals surface area (Å²) in [5.74, 6) is -0.269. The van der Waals surface area contributed by atoms with Gasteiger partial charge in [-0.05, 0) is 48.3 Å². The first-order valence-corrected chi connectivity index (χ1v) is 10.6. The molecule has 3 unspecified atom stereocenters. The van der Waals surface area contributed by atoms with Crippen molar-refractivity contribution in [1.82, 2.24) is 10.6 Å². The predicted molar refractivity (Wildman–Crippen MR) is 103 cm³/mol. The van der Waals surface area contributed by atoms with Gasteiger partial charge in [-0.1, -0.05) is 30.3 Å². The first-order chi connectivity index (χ1) is 13.3. The van der Waals surface area contributed by atoms with Crippen molar-refractivity contribution >= 4 is 11.2 Å². The van der Waals surface area contributed by atoms with E-state index >= 15 is 0 Å². The minimum Gasteiger partial charge on any atom is -0.612 e. The van der Waals surface area contributed by atoms with Gasteiger partial charge in [-0.25, -0.2) is 0 Å². The highest BCUT2D eigenvalue weighted by Crippen LogP contribution is 2.30. The van der Waals surface area contributed by atoms with Gasteiger partial charge in [0, 0.05) is 30.3 Å². The van der Waals surface area contributed by atoms with Crippen LogP contribution in [0.2, 0.25) is 0 Å². The highest BCUT2D eigenvalue weighted by atomic mass is 32.2. The third-order valence-corrected chi connectivity index (χ3v) is 5.68. The summed E-state index contributed by atoms with van der Waals surface area (Å²) >= 11 is -1.29. The zero-order valence-electron chi connectivity index (χ0n) is 15.5. The Balaban J connectivity index is 1.78. The van der Waals surface area contributed by atoms with Crippen molar-refractivity contribution in [2.24, 2.45) is 0 Å². The lowest BCUT2D eigenvalue weighted by Gasteiger charge is -2.34. The lowest BCUT2D eigenvalue weighted by Crippen LogP contribution is -2.45. The standard InChI is InChI=1S/C20H23F3N2O2S/c1-28(26)16-9-10-18(27-20(21,22)23)15(12-16)13-25-17-8-5-11-24-19(17)14-6-3-2-4-7-14/h2-4,6-7,9-10,12,17,19,24-25H,5,8,11,13H2,1H3. The van der Waals surface area contributed by atoms with Gasteiger partial charge in [0.25, 0.3) is 0 Å². The Morgan fingerprint density at radius 2 is 1.96 bits per heavy atom. The van der Waals surface area contributed by atoms with Crippen LogP contribution in [-0.4, -0.2) is 29.8 Å². The number of piperidine rings is 1. The highest BCUT2D eigenvalue weighted by molar-refractivity contribution is 7.90. The van der Waals surface area contributed by atoms with Gasteiger partial charge in [-0.15, -0.1) is 13.2 Å². The second-order valence-corrected chi connectivity index (χ2v) is 8.12. The summed E-state index contributed by atoms with van der Waals surface area (Å²) in [6, 6.07) is 14.2. The summed E-state index contributed by atoms with van der Waals surface area (Å²) < 4.78 is 54.2. The van der Waals surface area contributed by atoms with Gasteiger partial charge < -0.3 is 19.9 Å². The van der Waals surface area contributed by atoms with E-state index in [4.69, 9.17) is 0 Å². The number of halogens is 3. The normalized spacial score (nSPS) is 21.3. The molecule has 152 valence electrons. The van der Waals surface area contributed by atoms with Crippen LogP contribution < -0.4 is 15.4 Å². The van der Waals surface area contributed by atoms with E-state index in [9.17, 15) is 17.7 Å². The highest BCUT2D eigenvalue weighted by Gasteiger charge is 2.33. The molecule has 0 saturated carbocycles. The predicted octanol–water partition coefficient (Wildman–Crippen LogP) is 3.91. The zero-order chi connectivity index (χ0) is 20.1. The summed E-state index contributed by atoms with van der Waals surface area (Å²) in [6.07, 6.45) is -1.40. The Morgan fingerprint density at radius 1 is 1.21 bits per heavy atom. The lowest BCUT2D eigenvalue weighted by molar-refractivity contribution is -0.274. The smallest absolute Gasteiger partial charge is 0.573 e. The van der Waals surface area contributed by atoms with E-state index in [1.807, 2.05) is 30.3 Å². The van der Waals surface area contributed by atoms with Crippen molar-refractivity contribution in [3.05, 3.63) is 59.7 Å². The fraction of sp³-hybridized carbons (Fsp3) is 0.400. The molecular formula is C20H23F3N2O2S. The number of rotatable bonds is 6. The maximum absolute atomic E-state index is 12.7. The molecule has 0 aliphatic carbocycles. The average Bonchev–Trinajstić information content (AvgIpc) is 2.67. The molecular weight excluding hydrogens is 389 g/mol. The van der Waals surface area contributed by atoms with Crippen LogP contribution >= 0.6 is 0 Å². The second kappa shape index (κ2) is 9.17. The van der Waals surface area contributed by atoms with Crippen LogP contribution in [0, 0.1) is 0 Å². The summed E-state index contributed by atoms with van der Waals surface area (Å²) in [5, 5.41) is 6.85. The molecule has 0 amide bonds. The Kier molecular flexibility index (Phi) is 6.87. The van der Waals surface area contributed by atoms with Gasteiger partial charge in [-0.3, -0.25) is 0 Å². The monoisotopic (exact) mass is 412 g/mol. The molecule has 2 aromatic rings. The zero-order valence-corrected chi connectivity index (χ0v) is 16.3. The summed E-state index contributed by atoms with van der Waals surface area (Å²) in [7, 11) is 0. The third kappa shape index (κ3) is 5.64. The summed E-state index contributed by atoms with van der Waals surface area (Å²) in [6.45, 7) is 1.08. The van der Waals surface area contributed by atoms with Crippen LogP contribution in [0.1, 0.15) is 30.0 Å². The molecule has 28 heavy (non-hydrogen) atoms. The number of nitrogens with one attached hydrogen (secondary N) is 2. The molecule has 1 saturated heterocycles. The van der Waals surface area contributed by atoms with Crippen molar-refractivity contribution in [2.45, 2.75) is 42.7 Å². The van der Waals surface area contributed by atoms with E-state index in [1.54, 1.807) is 0 Å². The van der Waals surface area contributed by atoms with E-state index in [2.05, 4.69) is 15.4 Å². The molecule has 2 aromatic carbocycles. The number of benzene rings is 2. The van der Waals surface area contributed by atoms with E-state index < -0.39 is 17.5 Å². The molecule has 3 atom stereocenters. The van der Waals surface area contributed by atoms with Gasteiger partial charge in [0.1, 0.15) is 12.0 Å². The van der Waals surface area contributed by atoms with Crippen LogP contribution in [-0.2, 0) is 17.7 Å². The Bertz CT molecular complexity index is 772. The van der Waals surface area contributed by atoms with Gasteiger partial charge in [-0.2, -0.15) is 0 Å². The summed E-state index contributed by atoms with van der Waals surface area (Å²) in [5.41, 5.74) is 1.47. The summed E-state index contributed by atoms with van der Waals surface area (Å²) in [4.78, 5) is 0.465. The second-order valence-electron chi connectivity index (χ2n) is 6.74. The van der Waals surface area contributed by atoms with Crippen LogP contribution in [0.25, 0.3) is 0 Å². The molecule has 0 spiro atoms. The fourth-order valence-electron chi connectivity index (χ4n) is 3.46. The quantitative estimate of drug-likeness (QED) is 0.707. The molecule has 0 aromatic heterocycles. The number of ether oxygens (including phenoxy) is 1. The van der Waals surface area contributed by atoms with Gasteiger partial charge in [0.2, 0.25) is 0 Å². The van der Waals surface area contributed by atoms with Crippen LogP contribution in [0.15, 0.2) is 53.4 Å². The fourth-order valence-corrected chi connectivity index (χ4v) is 4.02. The maximum atomic E-state index is 12.7. The molecule has 3 rings (SSSR count). The molecule has 0 radical (unpaired) electrons. The van der Waals surface area contributed by atoms with Gasteiger partial charge in [0.05, 0.1) is 0 Å². The Morgan fingerprint density at radius 3 is 2.64 bits per heavy atom. The van der Waals surface area contributed by atoms with Crippen molar-refractivity contribution < 1.29 is 22.5 Å². The maximum Gasteiger partial charge on any atom is 0.573 e. The largest absolute Gasteiger partial charge is 0.612 e. The van der Waals surface area contributed by atoms with E-state index in [-0.39, 0.29) is 24.4 Å². The average molecular weight is 412 g/mol. The van der Waals surface area contributed by atoms with E-state index in [0.29, 0.717) is 10.5 Å². The van der Waals surface area contributed by atoms with Crippen molar-refractivity contribution in [3.63, 3.8) is 0 Å². The molecule has 1 aliphatic rings. The first kappa shape index (κ1) is 21.0. The molecule has 1 aliphatic heterocycles. The van der Waals surface area contributed by atoms with Crippen LogP contribution in [0.5, 0.6) is 5.75 Å². The number of alkyl halides is 3. The number of hydrogen-bond donors (Lipinski definition) is 2. The van der Waals surface area contributed by atoms with Gasteiger partial charge >= 0.3 is 6.36 Å². The van der Waals surface area contributed by atoms with Gasteiger partial charge in [0.15, 0.2) is 4.90 Å². The molecule has 4 nitrogen and oxygen atoms in total. The number of hydrogen-bond acceptors (Lipinski definition) is 4. The SMILES string of the molecule is C[S+]([O-])c1ccc(OC(F)(F)F)c(CNC2CCCNC2c2ccccc2)c1. The van der Waals surface area contributed by atoms with E-state index in [1.165, 1.54) is 24.5 Å². The van der Waals surface area contributed by atoms with Crippen molar-refractivity contribution in [1.29, 1.82) is 0 Å². The Hall–Kier alpha value is -1.74.